The predicted molar refractivity (Wildman–Crippen MR) is 123 cm³/mol. The van der Waals surface area contributed by atoms with E-state index in [1.54, 1.807) is 30.8 Å². The highest BCUT2D eigenvalue weighted by molar-refractivity contribution is 14.0. The van der Waals surface area contributed by atoms with Crippen molar-refractivity contribution >= 4 is 35.9 Å². The summed E-state index contributed by atoms with van der Waals surface area (Å²) in [7, 11) is 0. The number of piperazine rings is 1. The van der Waals surface area contributed by atoms with Gasteiger partial charge in [0.15, 0.2) is 5.96 Å². The molecule has 158 valence electrons. The van der Waals surface area contributed by atoms with Gasteiger partial charge >= 0.3 is 0 Å². The number of nitrogens with two attached hydrogens (primary N) is 1. The fourth-order valence-corrected chi connectivity index (χ4v) is 3.12. The first kappa shape index (κ1) is 21.9. The quantitative estimate of drug-likeness (QED) is 0.312. The van der Waals surface area contributed by atoms with Crippen molar-refractivity contribution in [2.75, 3.05) is 37.6 Å². The molecular weight excluding hydrogens is 500 g/mol. The molecule has 1 aromatic carbocycles. The fraction of sp³-hybridized carbons (Fsp3) is 0.300. The van der Waals surface area contributed by atoms with Crippen LogP contribution in [0.15, 0.2) is 58.4 Å². The normalized spacial score (nSPS) is 14.5. The van der Waals surface area contributed by atoms with E-state index in [0.29, 0.717) is 24.8 Å². The largest absolute Gasteiger partial charge is 0.444 e. The second-order valence-corrected chi connectivity index (χ2v) is 6.66. The van der Waals surface area contributed by atoms with E-state index in [0.717, 1.165) is 43.4 Å². The van der Waals surface area contributed by atoms with Crippen LogP contribution in [0.5, 0.6) is 0 Å². The van der Waals surface area contributed by atoms with E-state index in [1.165, 1.54) is 12.1 Å². The number of guanidine groups is 1. The number of aliphatic imine (C=N–C) groups is 1. The molecule has 2 aromatic heterocycles. The van der Waals surface area contributed by atoms with Gasteiger partial charge in [-0.3, -0.25) is 4.99 Å². The number of halogens is 2. The minimum absolute atomic E-state index is 0. The first-order chi connectivity index (χ1) is 14.2. The molecule has 0 saturated carbocycles. The molecule has 0 amide bonds. The van der Waals surface area contributed by atoms with Gasteiger partial charge in [0, 0.05) is 57.1 Å². The number of benzene rings is 1. The molecule has 1 fully saturated rings. The summed E-state index contributed by atoms with van der Waals surface area (Å²) in [5, 5.41) is 0. The maximum atomic E-state index is 13.0. The Morgan fingerprint density at radius 2 is 1.80 bits per heavy atom. The minimum atomic E-state index is -0.289. The SMILES string of the molecule is I.NC(=NCCc1coc(-c2ccc(F)cc2)n1)N1CCN(c2ncccn2)CC1. The van der Waals surface area contributed by atoms with Gasteiger partial charge in [0.05, 0.1) is 5.69 Å². The number of aromatic nitrogens is 3. The summed E-state index contributed by atoms with van der Waals surface area (Å²) in [6.45, 7) is 3.65. The molecule has 8 nitrogen and oxygen atoms in total. The first-order valence-electron chi connectivity index (χ1n) is 9.46. The molecule has 0 bridgehead atoms. The van der Waals surface area contributed by atoms with Crippen molar-refractivity contribution in [3.63, 3.8) is 0 Å². The summed E-state index contributed by atoms with van der Waals surface area (Å²) in [6.07, 6.45) is 5.71. The van der Waals surface area contributed by atoms with E-state index < -0.39 is 0 Å². The van der Waals surface area contributed by atoms with Crippen LogP contribution in [0.1, 0.15) is 5.69 Å². The van der Waals surface area contributed by atoms with Gasteiger partial charge in [0.25, 0.3) is 0 Å². The number of hydrogen-bond donors (Lipinski definition) is 1. The van der Waals surface area contributed by atoms with E-state index in [9.17, 15) is 4.39 Å². The lowest BCUT2D eigenvalue weighted by Crippen LogP contribution is -2.51. The topological polar surface area (TPSA) is 96.7 Å². The summed E-state index contributed by atoms with van der Waals surface area (Å²) in [5.74, 6) is 1.45. The van der Waals surface area contributed by atoms with Gasteiger partial charge in [-0.05, 0) is 30.3 Å². The molecule has 4 rings (SSSR count). The maximum Gasteiger partial charge on any atom is 0.226 e. The van der Waals surface area contributed by atoms with Crippen molar-refractivity contribution in [1.29, 1.82) is 0 Å². The van der Waals surface area contributed by atoms with Crippen LogP contribution in [-0.2, 0) is 6.42 Å². The number of hydrogen-bond acceptors (Lipinski definition) is 6. The molecule has 3 heterocycles. The highest BCUT2D eigenvalue weighted by Crippen LogP contribution is 2.19. The molecule has 1 aliphatic rings. The van der Waals surface area contributed by atoms with Gasteiger partial charge in [-0.15, -0.1) is 24.0 Å². The van der Waals surface area contributed by atoms with E-state index in [2.05, 4.69) is 29.7 Å². The molecule has 10 heteroatoms. The highest BCUT2D eigenvalue weighted by atomic mass is 127. The van der Waals surface area contributed by atoms with Crippen molar-refractivity contribution in [2.24, 2.45) is 10.7 Å². The zero-order valence-corrected chi connectivity index (χ0v) is 18.6. The number of anilines is 1. The van der Waals surface area contributed by atoms with Crippen molar-refractivity contribution < 1.29 is 8.81 Å². The molecule has 0 spiro atoms. The van der Waals surface area contributed by atoms with Crippen molar-refractivity contribution in [3.05, 3.63) is 60.5 Å². The average Bonchev–Trinajstić information content (AvgIpc) is 3.24. The third kappa shape index (κ3) is 5.43. The molecule has 0 atom stereocenters. The molecule has 1 saturated heterocycles. The fourth-order valence-electron chi connectivity index (χ4n) is 3.12. The third-order valence-electron chi connectivity index (χ3n) is 4.72. The van der Waals surface area contributed by atoms with Crippen molar-refractivity contribution in [2.45, 2.75) is 6.42 Å². The highest BCUT2D eigenvalue weighted by Gasteiger charge is 2.19. The van der Waals surface area contributed by atoms with Gasteiger partial charge < -0.3 is 20.0 Å². The Bertz CT molecular complexity index is 957. The molecular formula is C20H23FIN7O. The van der Waals surface area contributed by atoms with E-state index in [-0.39, 0.29) is 29.8 Å². The van der Waals surface area contributed by atoms with Crippen LogP contribution >= 0.6 is 24.0 Å². The minimum Gasteiger partial charge on any atom is -0.444 e. The maximum absolute atomic E-state index is 13.0. The molecule has 0 unspecified atom stereocenters. The number of rotatable bonds is 5. The Labute approximate surface area is 191 Å². The van der Waals surface area contributed by atoms with E-state index in [1.807, 2.05) is 6.07 Å². The Balaban J connectivity index is 0.00000256. The van der Waals surface area contributed by atoms with Crippen LogP contribution in [-0.4, -0.2) is 58.5 Å². The van der Waals surface area contributed by atoms with Gasteiger partial charge in [0.1, 0.15) is 12.1 Å². The van der Waals surface area contributed by atoms with Gasteiger partial charge in [0.2, 0.25) is 11.8 Å². The van der Waals surface area contributed by atoms with Crippen LogP contribution in [0.2, 0.25) is 0 Å². The van der Waals surface area contributed by atoms with E-state index >= 15 is 0 Å². The van der Waals surface area contributed by atoms with Crippen LogP contribution in [0, 0.1) is 5.82 Å². The lowest BCUT2D eigenvalue weighted by atomic mass is 10.2. The van der Waals surface area contributed by atoms with Gasteiger partial charge in [-0.25, -0.2) is 19.3 Å². The third-order valence-corrected chi connectivity index (χ3v) is 4.72. The standard InChI is InChI=1S/C20H22FN7O.HI/c21-16-4-2-15(3-5-16)18-26-17(14-29-18)6-9-23-19(22)27-10-12-28(13-11-27)20-24-7-1-8-25-20;/h1-5,7-8,14H,6,9-13H2,(H2,22,23);1H. The average molecular weight is 523 g/mol. The molecule has 0 radical (unpaired) electrons. The number of oxazole rings is 1. The smallest absolute Gasteiger partial charge is 0.226 e. The van der Waals surface area contributed by atoms with Crippen LogP contribution in [0.4, 0.5) is 10.3 Å². The van der Waals surface area contributed by atoms with Crippen LogP contribution in [0.25, 0.3) is 11.5 Å². The summed E-state index contributed by atoms with van der Waals surface area (Å²) >= 11 is 0. The second kappa shape index (κ2) is 10.3. The van der Waals surface area contributed by atoms with Crippen LogP contribution in [0.3, 0.4) is 0 Å². The zero-order chi connectivity index (χ0) is 20.1. The van der Waals surface area contributed by atoms with Gasteiger partial charge in [-0.2, -0.15) is 0 Å². The molecule has 2 N–H and O–H groups in total. The summed E-state index contributed by atoms with van der Waals surface area (Å²) < 4.78 is 18.5. The first-order valence-corrected chi connectivity index (χ1v) is 9.46. The van der Waals surface area contributed by atoms with Crippen LogP contribution < -0.4 is 10.6 Å². The lowest BCUT2D eigenvalue weighted by Gasteiger charge is -2.35. The Kier molecular flexibility index (Phi) is 7.55. The number of nitrogens with zero attached hydrogens (tertiary/aromatic N) is 6. The predicted octanol–water partition coefficient (Wildman–Crippen LogP) is 2.57. The monoisotopic (exact) mass is 523 g/mol. The molecule has 0 aliphatic carbocycles. The second-order valence-electron chi connectivity index (χ2n) is 6.66. The lowest BCUT2D eigenvalue weighted by molar-refractivity contribution is 0.378. The summed E-state index contributed by atoms with van der Waals surface area (Å²) in [5.41, 5.74) is 7.68. The molecule has 3 aromatic rings. The van der Waals surface area contributed by atoms with Crippen molar-refractivity contribution in [1.82, 2.24) is 19.9 Å². The zero-order valence-electron chi connectivity index (χ0n) is 16.3. The molecule has 1 aliphatic heterocycles. The summed E-state index contributed by atoms with van der Waals surface area (Å²) in [4.78, 5) is 21.7. The molecule has 30 heavy (non-hydrogen) atoms. The van der Waals surface area contributed by atoms with E-state index in [4.69, 9.17) is 10.2 Å². The van der Waals surface area contributed by atoms with Crippen molar-refractivity contribution in [3.8, 4) is 11.5 Å². The Morgan fingerprint density at radius 3 is 2.50 bits per heavy atom. The summed E-state index contributed by atoms with van der Waals surface area (Å²) in [6, 6.07) is 7.85. The van der Waals surface area contributed by atoms with Gasteiger partial charge in [-0.1, -0.05) is 0 Å². The Morgan fingerprint density at radius 1 is 1.10 bits per heavy atom. The Hall–Kier alpha value is -2.76.